The molecule has 1 nitrogen and oxygen atoms in total. The molecule has 0 aliphatic heterocycles. The van der Waals surface area contributed by atoms with Crippen LogP contribution in [0.3, 0.4) is 0 Å². The summed E-state index contributed by atoms with van der Waals surface area (Å²) in [4.78, 5) is 0. The van der Waals surface area contributed by atoms with E-state index in [1.165, 1.54) is 50.5 Å². The largest absolute Gasteiger partial charge is 0.208 e. The van der Waals surface area contributed by atoms with Gasteiger partial charge < -0.3 is 0 Å². The Morgan fingerprint density at radius 3 is 2.53 bits per heavy atom. The normalized spacial score (nSPS) is 10.5. The first kappa shape index (κ1) is 12.2. The van der Waals surface area contributed by atoms with Gasteiger partial charge in [-0.15, -0.1) is 0 Å². The zero-order chi connectivity index (χ0) is 10.9. The van der Waals surface area contributed by atoms with Gasteiger partial charge in [-0.2, -0.15) is 0 Å². The summed E-state index contributed by atoms with van der Waals surface area (Å²) in [6.07, 6.45) is 13.9. The predicted octanol–water partition coefficient (Wildman–Crippen LogP) is 3.41. The molecule has 0 radical (unpaired) electrons. The van der Waals surface area contributed by atoms with E-state index in [-0.39, 0.29) is 0 Å². The molecule has 0 atom stereocenters. The molecular weight excluding hydrogens is 182 g/mol. The van der Waals surface area contributed by atoms with E-state index in [0.29, 0.717) is 0 Å². The summed E-state index contributed by atoms with van der Waals surface area (Å²) >= 11 is 0. The summed E-state index contributed by atoms with van der Waals surface area (Å²) in [6, 6.07) is 4.36. The van der Waals surface area contributed by atoms with Crippen LogP contribution in [0.4, 0.5) is 0 Å². The summed E-state index contributed by atoms with van der Waals surface area (Å²) in [5, 5.41) is 0. The number of pyridine rings is 1. The Morgan fingerprint density at radius 2 is 1.80 bits per heavy atom. The first-order valence-electron chi connectivity index (χ1n) is 6.27. The smallest absolute Gasteiger partial charge is 0.171 e. The lowest BCUT2D eigenvalue weighted by Crippen LogP contribution is -2.26. The molecule has 0 N–H and O–H groups in total. The highest BCUT2D eigenvalue weighted by molar-refractivity contribution is 5.05. The summed E-state index contributed by atoms with van der Waals surface area (Å²) in [5.74, 6) is 0. The average molecular weight is 206 g/mol. The maximum Gasteiger partial charge on any atom is 0.171 e. The van der Waals surface area contributed by atoms with Gasteiger partial charge in [-0.25, -0.2) is 4.57 Å². The Bertz CT molecular complexity index is 268. The second-order valence-electron chi connectivity index (χ2n) is 4.40. The van der Waals surface area contributed by atoms with Crippen molar-refractivity contribution in [2.75, 3.05) is 0 Å². The highest BCUT2D eigenvalue weighted by atomic mass is 14.9. The lowest BCUT2D eigenvalue weighted by molar-refractivity contribution is -0.671. The van der Waals surface area contributed by atoms with Gasteiger partial charge in [0.1, 0.15) is 7.05 Å². The predicted molar refractivity (Wildman–Crippen MR) is 64.7 cm³/mol. The van der Waals surface area contributed by atoms with Crippen molar-refractivity contribution in [1.29, 1.82) is 0 Å². The van der Waals surface area contributed by atoms with Gasteiger partial charge in [-0.05, 0) is 18.9 Å². The van der Waals surface area contributed by atoms with Crippen molar-refractivity contribution in [1.82, 2.24) is 0 Å². The molecule has 1 rings (SSSR count). The molecular formula is C14H24N+. The van der Waals surface area contributed by atoms with E-state index in [9.17, 15) is 0 Å². The molecule has 15 heavy (non-hydrogen) atoms. The molecule has 0 aliphatic carbocycles. The van der Waals surface area contributed by atoms with Gasteiger partial charge in [0.2, 0.25) is 0 Å². The SMILES string of the molecule is CCCCCCCCc1ccc[n+](C)c1. The number of hydrogen-bond donors (Lipinski definition) is 0. The summed E-state index contributed by atoms with van der Waals surface area (Å²) in [5.41, 5.74) is 1.47. The lowest BCUT2D eigenvalue weighted by atomic mass is 10.1. The van der Waals surface area contributed by atoms with Gasteiger partial charge in [-0.1, -0.05) is 39.0 Å². The van der Waals surface area contributed by atoms with Crippen LogP contribution in [0.2, 0.25) is 0 Å². The Labute approximate surface area is 94.1 Å². The van der Waals surface area contributed by atoms with Crippen LogP contribution in [-0.4, -0.2) is 0 Å². The van der Waals surface area contributed by atoms with Gasteiger partial charge >= 0.3 is 0 Å². The van der Waals surface area contributed by atoms with E-state index in [1.54, 1.807) is 0 Å². The van der Waals surface area contributed by atoms with Crippen LogP contribution >= 0.6 is 0 Å². The number of hydrogen-bond acceptors (Lipinski definition) is 0. The zero-order valence-corrected chi connectivity index (χ0v) is 10.2. The molecule has 0 fully saturated rings. The van der Waals surface area contributed by atoms with Gasteiger partial charge in [0, 0.05) is 11.6 Å². The molecule has 0 spiro atoms. The minimum atomic E-state index is 1.24. The van der Waals surface area contributed by atoms with Crippen LogP contribution < -0.4 is 4.57 Å². The van der Waals surface area contributed by atoms with E-state index in [4.69, 9.17) is 0 Å². The summed E-state index contributed by atoms with van der Waals surface area (Å²) < 4.78 is 2.13. The summed E-state index contributed by atoms with van der Waals surface area (Å²) in [7, 11) is 2.09. The van der Waals surface area contributed by atoms with Crippen LogP contribution in [0.1, 0.15) is 51.0 Å². The van der Waals surface area contributed by atoms with Gasteiger partial charge in [0.05, 0.1) is 0 Å². The quantitative estimate of drug-likeness (QED) is 0.475. The Hall–Kier alpha value is -0.850. The third kappa shape index (κ3) is 5.56. The minimum Gasteiger partial charge on any atom is -0.208 e. The van der Waals surface area contributed by atoms with E-state index in [2.05, 4.69) is 43.1 Å². The van der Waals surface area contributed by atoms with Crippen LogP contribution in [0.25, 0.3) is 0 Å². The van der Waals surface area contributed by atoms with Crippen LogP contribution in [0.15, 0.2) is 24.5 Å². The second-order valence-corrected chi connectivity index (χ2v) is 4.40. The van der Waals surface area contributed by atoms with E-state index >= 15 is 0 Å². The van der Waals surface area contributed by atoms with Gasteiger partial charge in [-0.3, -0.25) is 0 Å². The fraction of sp³-hybridized carbons (Fsp3) is 0.643. The highest BCUT2D eigenvalue weighted by Crippen LogP contribution is 2.08. The molecule has 0 amide bonds. The minimum absolute atomic E-state index is 1.24. The van der Waals surface area contributed by atoms with E-state index < -0.39 is 0 Å². The highest BCUT2D eigenvalue weighted by Gasteiger charge is 1.97. The molecule has 0 saturated heterocycles. The molecule has 0 aliphatic rings. The third-order valence-electron chi connectivity index (χ3n) is 2.82. The number of nitrogens with zero attached hydrogens (tertiary/aromatic N) is 1. The van der Waals surface area contributed by atoms with Crippen molar-refractivity contribution in [3.05, 3.63) is 30.1 Å². The number of aryl methyl sites for hydroxylation is 2. The fourth-order valence-electron chi connectivity index (χ4n) is 1.91. The number of unbranched alkanes of at least 4 members (excludes halogenated alkanes) is 5. The van der Waals surface area contributed by atoms with Crippen molar-refractivity contribution in [3.8, 4) is 0 Å². The van der Waals surface area contributed by atoms with Crippen molar-refractivity contribution >= 4 is 0 Å². The topological polar surface area (TPSA) is 3.88 Å². The standard InChI is InChI=1S/C14H24N/c1-3-4-5-6-7-8-10-14-11-9-12-15(2)13-14/h9,11-13H,3-8,10H2,1-2H3/q+1. The first-order valence-corrected chi connectivity index (χ1v) is 6.27. The molecule has 0 unspecified atom stereocenters. The molecule has 0 saturated carbocycles. The molecule has 1 heteroatoms. The average Bonchev–Trinajstić information content (AvgIpc) is 2.23. The molecule has 84 valence electrons. The zero-order valence-electron chi connectivity index (χ0n) is 10.2. The van der Waals surface area contributed by atoms with E-state index in [0.717, 1.165) is 0 Å². The van der Waals surface area contributed by atoms with Gasteiger partial charge in [0.25, 0.3) is 0 Å². The van der Waals surface area contributed by atoms with Crippen LogP contribution in [0, 0.1) is 0 Å². The Morgan fingerprint density at radius 1 is 1.07 bits per heavy atom. The first-order chi connectivity index (χ1) is 7.33. The molecule has 1 aromatic heterocycles. The van der Waals surface area contributed by atoms with Crippen molar-refractivity contribution in [3.63, 3.8) is 0 Å². The van der Waals surface area contributed by atoms with Crippen LogP contribution in [-0.2, 0) is 13.5 Å². The molecule has 0 bridgehead atoms. The van der Waals surface area contributed by atoms with Crippen molar-refractivity contribution in [2.24, 2.45) is 7.05 Å². The fourth-order valence-corrected chi connectivity index (χ4v) is 1.91. The lowest BCUT2D eigenvalue weighted by Gasteiger charge is -2.00. The molecule has 0 aromatic carbocycles. The molecule has 1 heterocycles. The third-order valence-corrected chi connectivity index (χ3v) is 2.82. The Kier molecular flexibility index (Phi) is 6.06. The molecule has 1 aromatic rings. The number of aromatic nitrogens is 1. The maximum atomic E-state index is 2.27. The van der Waals surface area contributed by atoms with Gasteiger partial charge in [0.15, 0.2) is 12.4 Å². The summed E-state index contributed by atoms with van der Waals surface area (Å²) in [6.45, 7) is 2.27. The van der Waals surface area contributed by atoms with Crippen molar-refractivity contribution < 1.29 is 4.57 Å². The Balaban J connectivity index is 2.10. The van der Waals surface area contributed by atoms with E-state index in [1.807, 2.05) is 0 Å². The monoisotopic (exact) mass is 206 g/mol. The maximum absolute atomic E-state index is 2.27. The van der Waals surface area contributed by atoms with Crippen molar-refractivity contribution in [2.45, 2.75) is 51.9 Å². The van der Waals surface area contributed by atoms with Crippen LogP contribution in [0.5, 0.6) is 0 Å². The second kappa shape index (κ2) is 7.44. The number of rotatable bonds is 7.